The Hall–Kier alpha value is -1.61. The van der Waals surface area contributed by atoms with Crippen LogP contribution in [-0.4, -0.2) is 21.0 Å². The Kier molecular flexibility index (Phi) is 4.15. The van der Waals surface area contributed by atoms with E-state index >= 15 is 0 Å². The predicted octanol–water partition coefficient (Wildman–Crippen LogP) is 2.82. The van der Waals surface area contributed by atoms with Gasteiger partial charge in [-0.25, -0.2) is 4.68 Å². The summed E-state index contributed by atoms with van der Waals surface area (Å²) in [5.74, 6) is 0.307. The summed E-state index contributed by atoms with van der Waals surface area (Å²) in [5.41, 5.74) is 2.09. The van der Waals surface area contributed by atoms with Crippen LogP contribution in [0, 0.1) is 5.92 Å². The van der Waals surface area contributed by atoms with Crippen LogP contribution in [0.15, 0.2) is 42.6 Å². The minimum Gasteiger partial charge on any atom is -0.393 e. The second-order valence-electron chi connectivity index (χ2n) is 4.94. The average molecular weight is 244 g/mol. The van der Waals surface area contributed by atoms with Gasteiger partial charge in [0.05, 0.1) is 17.5 Å². The second-order valence-corrected chi connectivity index (χ2v) is 4.94. The molecule has 0 fully saturated rings. The van der Waals surface area contributed by atoms with Gasteiger partial charge in [0, 0.05) is 6.20 Å². The van der Waals surface area contributed by atoms with Crippen molar-refractivity contribution in [3.8, 4) is 5.69 Å². The summed E-state index contributed by atoms with van der Waals surface area (Å²) in [4.78, 5) is 0. The van der Waals surface area contributed by atoms with Crippen molar-refractivity contribution in [2.75, 3.05) is 0 Å². The smallest absolute Gasteiger partial charge is 0.0645 e. The van der Waals surface area contributed by atoms with Crippen LogP contribution in [0.2, 0.25) is 0 Å². The molecule has 0 radical (unpaired) electrons. The van der Waals surface area contributed by atoms with Crippen molar-refractivity contribution in [2.24, 2.45) is 5.92 Å². The van der Waals surface area contributed by atoms with Crippen molar-refractivity contribution in [1.29, 1.82) is 0 Å². The van der Waals surface area contributed by atoms with Crippen molar-refractivity contribution < 1.29 is 5.11 Å². The third-order valence-electron chi connectivity index (χ3n) is 3.13. The quantitative estimate of drug-likeness (QED) is 0.878. The molecule has 3 nitrogen and oxygen atoms in total. The lowest BCUT2D eigenvalue weighted by Gasteiger charge is -2.12. The molecular formula is C15H20N2O. The molecule has 1 N–H and O–H groups in total. The normalized spacial score (nSPS) is 12.9. The zero-order valence-corrected chi connectivity index (χ0v) is 11.0. The van der Waals surface area contributed by atoms with Gasteiger partial charge in [0.2, 0.25) is 0 Å². The van der Waals surface area contributed by atoms with Gasteiger partial charge < -0.3 is 5.11 Å². The first-order valence-corrected chi connectivity index (χ1v) is 6.45. The third kappa shape index (κ3) is 3.20. The Balaban J connectivity index is 1.99. The fourth-order valence-electron chi connectivity index (χ4n) is 1.85. The highest BCUT2D eigenvalue weighted by Gasteiger charge is 2.10. The number of aliphatic hydroxyl groups is 1. The average Bonchev–Trinajstić information content (AvgIpc) is 2.85. The molecule has 2 aromatic rings. The first kappa shape index (κ1) is 12.8. The zero-order chi connectivity index (χ0) is 13.0. The van der Waals surface area contributed by atoms with E-state index in [1.54, 1.807) is 0 Å². The Morgan fingerprint density at radius 1 is 1.17 bits per heavy atom. The van der Waals surface area contributed by atoms with E-state index in [1.165, 1.54) is 0 Å². The number of hydrogen-bond donors (Lipinski definition) is 1. The van der Waals surface area contributed by atoms with Gasteiger partial charge in [-0.3, -0.25) is 0 Å². The standard InChI is InChI=1S/C15H20N2O/c1-12(2)15(18)9-8-13-10-11-17(16-13)14-6-4-3-5-7-14/h3-7,10-12,15,18H,8-9H2,1-2H3. The van der Waals surface area contributed by atoms with Gasteiger partial charge in [-0.15, -0.1) is 0 Å². The maximum atomic E-state index is 9.78. The molecule has 0 bridgehead atoms. The van der Waals surface area contributed by atoms with E-state index in [-0.39, 0.29) is 6.10 Å². The molecule has 0 amide bonds. The number of nitrogens with zero attached hydrogens (tertiary/aromatic N) is 2. The van der Waals surface area contributed by atoms with Crippen molar-refractivity contribution in [3.05, 3.63) is 48.3 Å². The van der Waals surface area contributed by atoms with E-state index in [0.717, 1.165) is 24.2 Å². The molecule has 1 aromatic carbocycles. The van der Waals surface area contributed by atoms with Crippen molar-refractivity contribution >= 4 is 0 Å². The first-order chi connectivity index (χ1) is 8.66. The highest BCUT2D eigenvalue weighted by molar-refractivity contribution is 5.30. The van der Waals surface area contributed by atoms with E-state index in [0.29, 0.717) is 5.92 Å². The highest BCUT2D eigenvalue weighted by Crippen LogP contribution is 2.11. The number of para-hydroxylation sites is 1. The lowest BCUT2D eigenvalue weighted by atomic mass is 10.0. The lowest BCUT2D eigenvalue weighted by molar-refractivity contribution is 0.116. The molecule has 0 saturated carbocycles. The molecule has 0 aliphatic heterocycles. The van der Waals surface area contributed by atoms with Gasteiger partial charge in [-0.05, 0) is 37.0 Å². The van der Waals surface area contributed by atoms with Crippen LogP contribution < -0.4 is 0 Å². The molecule has 1 heterocycles. The minimum atomic E-state index is -0.244. The van der Waals surface area contributed by atoms with Crippen LogP contribution in [0.4, 0.5) is 0 Å². The lowest BCUT2D eigenvalue weighted by Crippen LogP contribution is -2.15. The van der Waals surface area contributed by atoms with E-state index in [2.05, 4.69) is 5.10 Å². The van der Waals surface area contributed by atoms with Crippen LogP contribution in [-0.2, 0) is 6.42 Å². The van der Waals surface area contributed by atoms with E-state index in [9.17, 15) is 5.11 Å². The molecule has 2 rings (SSSR count). The molecule has 1 atom stereocenters. The van der Waals surface area contributed by atoms with Gasteiger partial charge in [0.1, 0.15) is 0 Å². The molecule has 0 aliphatic carbocycles. The van der Waals surface area contributed by atoms with Crippen LogP contribution in [0.1, 0.15) is 26.0 Å². The second kappa shape index (κ2) is 5.83. The summed E-state index contributed by atoms with van der Waals surface area (Å²) in [6, 6.07) is 12.1. The highest BCUT2D eigenvalue weighted by atomic mass is 16.3. The molecule has 0 aliphatic rings. The number of aromatic nitrogens is 2. The number of benzene rings is 1. The minimum absolute atomic E-state index is 0.244. The summed E-state index contributed by atoms with van der Waals surface area (Å²) in [5, 5.41) is 14.3. The van der Waals surface area contributed by atoms with Crippen LogP contribution in [0.25, 0.3) is 5.69 Å². The topological polar surface area (TPSA) is 38.0 Å². The number of rotatable bonds is 5. The van der Waals surface area contributed by atoms with Gasteiger partial charge in [0.15, 0.2) is 0 Å². The summed E-state index contributed by atoms with van der Waals surface area (Å²) in [6.07, 6.45) is 3.31. The van der Waals surface area contributed by atoms with Crippen LogP contribution in [0.5, 0.6) is 0 Å². The van der Waals surface area contributed by atoms with E-state index in [1.807, 2.05) is 61.1 Å². The van der Waals surface area contributed by atoms with Crippen molar-refractivity contribution in [3.63, 3.8) is 0 Å². The predicted molar refractivity (Wildman–Crippen MR) is 72.7 cm³/mol. The fraction of sp³-hybridized carbons (Fsp3) is 0.400. The van der Waals surface area contributed by atoms with E-state index < -0.39 is 0 Å². The largest absolute Gasteiger partial charge is 0.393 e. The molecule has 3 heteroatoms. The van der Waals surface area contributed by atoms with Crippen LogP contribution >= 0.6 is 0 Å². The maximum absolute atomic E-state index is 9.78. The SMILES string of the molecule is CC(C)C(O)CCc1ccn(-c2ccccc2)n1. The molecule has 96 valence electrons. The number of hydrogen-bond acceptors (Lipinski definition) is 2. The molecule has 0 saturated heterocycles. The summed E-state index contributed by atoms with van der Waals surface area (Å²) < 4.78 is 1.87. The van der Waals surface area contributed by atoms with Gasteiger partial charge in [-0.1, -0.05) is 32.0 Å². The molecule has 0 spiro atoms. The summed E-state index contributed by atoms with van der Waals surface area (Å²) in [7, 11) is 0. The zero-order valence-electron chi connectivity index (χ0n) is 11.0. The fourth-order valence-corrected chi connectivity index (χ4v) is 1.85. The Morgan fingerprint density at radius 2 is 1.89 bits per heavy atom. The van der Waals surface area contributed by atoms with Gasteiger partial charge >= 0.3 is 0 Å². The maximum Gasteiger partial charge on any atom is 0.0645 e. The van der Waals surface area contributed by atoms with Crippen molar-refractivity contribution in [2.45, 2.75) is 32.8 Å². The van der Waals surface area contributed by atoms with Crippen molar-refractivity contribution in [1.82, 2.24) is 9.78 Å². The molecular weight excluding hydrogens is 224 g/mol. The Bertz CT molecular complexity index is 476. The summed E-state index contributed by atoms with van der Waals surface area (Å²) >= 11 is 0. The first-order valence-electron chi connectivity index (χ1n) is 6.45. The van der Waals surface area contributed by atoms with Gasteiger partial charge in [-0.2, -0.15) is 5.10 Å². The summed E-state index contributed by atoms with van der Waals surface area (Å²) in [6.45, 7) is 4.07. The Morgan fingerprint density at radius 3 is 2.56 bits per heavy atom. The number of aryl methyl sites for hydroxylation is 1. The van der Waals surface area contributed by atoms with E-state index in [4.69, 9.17) is 0 Å². The molecule has 18 heavy (non-hydrogen) atoms. The van der Waals surface area contributed by atoms with Gasteiger partial charge in [0.25, 0.3) is 0 Å². The monoisotopic (exact) mass is 244 g/mol. The molecule has 1 unspecified atom stereocenters. The molecule has 1 aromatic heterocycles. The Labute approximate surface area is 108 Å². The number of aliphatic hydroxyl groups excluding tert-OH is 1. The third-order valence-corrected chi connectivity index (χ3v) is 3.13. The van der Waals surface area contributed by atoms with Crippen LogP contribution in [0.3, 0.4) is 0 Å².